The number of anilines is 1. The van der Waals surface area contributed by atoms with E-state index >= 15 is 0 Å². The van der Waals surface area contributed by atoms with Crippen LogP contribution in [0.1, 0.15) is 22.6 Å². The Bertz CT molecular complexity index is 808. The Balaban J connectivity index is 2.89. The van der Waals surface area contributed by atoms with Gasteiger partial charge in [-0.15, -0.1) is 0 Å². The van der Waals surface area contributed by atoms with E-state index in [1.165, 1.54) is 26.1 Å². The number of rotatable bonds is 3. The van der Waals surface area contributed by atoms with E-state index in [2.05, 4.69) is 10.1 Å². The number of halogens is 7. The third kappa shape index (κ3) is 2.71. The quantitative estimate of drug-likeness (QED) is 0.829. The van der Waals surface area contributed by atoms with Crippen LogP contribution in [-0.4, -0.2) is 26.9 Å². The van der Waals surface area contributed by atoms with Crippen LogP contribution in [0.25, 0.3) is 5.69 Å². The van der Waals surface area contributed by atoms with Crippen LogP contribution in [0, 0.1) is 20.8 Å². The van der Waals surface area contributed by atoms with E-state index in [9.17, 15) is 30.7 Å². The van der Waals surface area contributed by atoms with Crippen molar-refractivity contribution >= 4 is 5.69 Å². The predicted molar refractivity (Wildman–Crippen MR) is 74.9 cm³/mol. The molecule has 138 valence electrons. The van der Waals surface area contributed by atoms with Crippen molar-refractivity contribution in [1.82, 2.24) is 14.8 Å². The van der Waals surface area contributed by atoms with Gasteiger partial charge >= 0.3 is 18.0 Å². The lowest BCUT2D eigenvalue weighted by atomic mass is 10.0. The SMILES string of the molecule is Cc1nc(C(F)(F)C(F)(F)C(F)(F)F)c(-n2nccc2C)c(C)c1N. The van der Waals surface area contributed by atoms with Crippen molar-refractivity contribution in [1.29, 1.82) is 0 Å². The fourth-order valence-electron chi connectivity index (χ4n) is 2.27. The van der Waals surface area contributed by atoms with Crippen molar-refractivity contribution in [3.05, 3.63) is 34.9 Å². The number of pyridine rings is 1. The monoisotopic (exact) mass is 370 g/mol. The van der Waals surface area contributed by atoms with Gasteiger partial charge in [-0.05, 0) is 26.8 Å². The molecule has 0 saturated carbocycles. The van der Waals surface area contributed by atoms with E-state index in [4.69, 9.17) is 5.73 Å². The molecule has 2 aromatic rings. The zero-order chi connectivity index (χ0) is 19.4. The fourth-order valence-corrected chi connectivity index (χ4v) is 2.27. The lowest BCUT2D eigenvalue weighted by molar-refractivity contribution is -0.360. The molecule has 0 aromatic carbocycles. The molecule has 2 rings (SSSR count). The molecule has 0 unspecified atom stereocenters. The highest BCUT2D eigenvalue weighted by atomic mass is 19.4. The summed E-state index contributed by atoms with van der Waals surface area (Å²) in [4.78, 5) is 3.27. The van der Waals surface area contributed by atoms with Crippen LogP contribution in [0.3, 0.4) is 0 Å². The zero-order valence-corrected chi connectivity index (χ0v) is 13.2. The second kappa shape index (κ2) is 5.60. The van der Waals surface area contributed by atoms with Crippen molar-refractivity contribution in [2.24, 2.45) is 0 Å². The molecule has 0 bridgehead atoms. The van der Waals surface area contributed by atoms with Crippen molar-refractivity contribution in [2.45, 2.75) is 38.8 Å². The number of hydrogen-bond donors (Lipinski definition) is 1. The second-order valence-electron chi connectivity index (χ2n) is 5.46. The van der Waals surface area contributed by atoms with E-state index in [-0.39, 0.29) is 22.6 Å². The van der Waals surface area contributed by atoms with E-state index in [1.54, 1.807) is 0 Å². The topological polar surface area (TPSA) is 56.7 Å². The Hall–Kier alpha value is -2.33. The molecule has 0 radical (unpaired) electrons. The van der Waals surface area contributed by atoms with Crippen molar-refractivity contribution < 1.29 is 30.7 Å². The number of nitrogens with zero attached hydrogens (tertiary/aromatic N) is 3. The van der Waals surface area contributed by atoms with E-state index in [0.717, 1.165) is 11.6 Å². The summed E-state index contributed by atoms with van der Waals surface area (Å²) in [5.41, 5.74) is 2.92. The molecule has 0 saturated heterocycles. The largest absolute Gasteiger partial charge is 0.460 e. The summed E-state index contributed by atoms with van der Waals surface area (Å²) in [6.07, 6.45) is -5.30. The van der Waals surface area contributed by atoms with Crippen LogP contribution in [-0.2, 0) is 5.92 Å². The molecule has 0 fully saturated rings. The van der Waals surface area contributed by atoms with Gasteiger partial charge in [-0.3, -0.25) is 0 Å². The van der Waals surface area contributed by atoms with Gasteiger partial charge in [0, 0.05) is 17.5 Å². The molecule has 0 aliphatic rings. The van der Waals surface area contributed by atoms with Crippen molar-refractivity contribution in [2.75, 3.05) is 5.73 Å². The third-order valence-corrected chi connectivity index (χ3v) is 3.74. The second-order valence-corrected chi connectivity index (χ2v) is 5.46. The van der Waals surface area contributed by atoms with Gasteiger partial charge in [-0.1, -0.05) is 0 Å². The average Bonchev–Trinajstić information content (AvgIpc) is 2.89. The zero-order valence-electron chi connectivity index (χ0n) is 13.2. The number of nitrogen functional groups attached to an aromatic ring is 1. The highest BCUT2D eigenvalue weighted by Gasteiger charge is 2.75. The molecular weight excluding hydrogens is 357 g/mol. The molecule has 0 aliphatic carbocycles. The van der Waals surface area contributed by atoms with Crippen molar-refractivity contribution in [3.8, 4) is 5.69 Å². The Morgan fingerprint density at radius 3 is 2.00 bits per heavy atom. The summed E-state index contributed by atoms with van der Waals surface area (Å²) in [7, 11) is 0. The predicted octanol–water partition coefficient (Wildman–Crippen LogP) is 4.06. The average molecular weight is 370 g/mol. The van der Waals surface area contributed by atoms with Gasteiger partial charge in [-0.25, -0.2) is 9.67 Å². The number of alkyl halides is 7. The summed E-state index contributed by atoms with van der Waals surface area (Å²) in [5.74, 6) is -12.0. The smallest absolute Gasteiger partial charge is 0.397 e. The van der Waals surface area contributed by atoms with Crippen LogP contribution in [0.5, 0.6) is 0 Å². The van der Waals surface area contributed by atoms with Crippen LogP contribution in [0.2, 0.25) is 0 Å². The van der Waals surface area contributed by atoms with Crippen LogP contribution >= 0.6 is 0 Å². The first kappa shape index (κ1) is 19.0. The standard InChI is InChI=1S/C14H13F7N4/c1-6-4-5-23-25(6)10-7(2)9(22)8(3)24-11(10)12(15,16)13(17,18)14(19,20)21/h4-5H,22H2,1-3H3. The molecule has 0 aliphatic heterocycles. The van der Waals surface area contributed by atoms with Gasteiger partial charge in [0.1, 0.15) is 5.69 Å². The van der Waals surface area contributed by atoms with E-state index in [1.807, 2.05) is 0 Å². The molecular formula is C14H13F7N4. The number of aromatic nitrogens is 3. The normalized spacial score (nSPS) is 13.4. The summed E-state index contributed by atoms with van der Waals surface area (Å²) in [6, 6.07) is 1.36. The van der Waals surface area contributed by atoms with Crippen LogP contribution in [0.15, 0.2) is 12.3 Å². The summed E-state index contributed by atoms with van der Waals surface area (Å²) >= 11 is 0. The molecule has 0 spiro atoms. The van der Waals surface area contributed by atoms with Gasteiger partial charge in [0.15, 0.2) is 0 Å². The van der Waals surface area contributed by atoms with Gasteiger partial charge < -0.3 is 5.73 Å². The van der Waals surface area contributed by atoms with Crippen LogP contribution in [0.4, 0.5) is 36.4 Å². The van der Waals surface area contributed by atoms with E-state index < -0.39 is 29.4 Å². The first-order valence-corrected chi connectivity index (χ1v) is 6.84. The Morgan fingerprint density at radius 2 is 1.56 bits per heavy atom. The lowest BCUT2D eigenvalue weighted by Crippen LogP contribution is -2.51. The van der Waals surface area contributed by atoms with Crippen molar-refractivity contribution in [3.63, 3.8) is 0 Å². The van der Waals surface area contributed by atoms with Gasteiger partial charge in [0.05, 0.1) is 17.1 Å². The molecule has 0 amide bonds. The molecule has 2 N–H and O–H groups in total. The third-order valence-electron chi connectivity index (χ3n) is 3.74. The Labute approximate surface area is 137 Å². The summed E-state index contributed by atoms with van der Waals surface area (Å²) in [6.45, 7) is 3.76. The maximum Gasteiger partial charge on any atom is 0.460 e. The number of aryl methyl sites for hydroxylation is 2. The highest BCUT2D eigenvalue weighted by molar-refractivity contribution is 5.62. The van der Waals surface area contributed by atoms with Gasteiger partial charge in [0.2, 0.25) is 0 Å². The first-order valence-electron chi connectivity index (χ1n) is 6.84. The minimum Gasteiger partial charge on any atom is -0.397 e. The molecule has 11 heteroatoms. The fraction of sp³-hybridized carbons (Fsp3) is 0.429. The van der Waals surface area contributed by atoms with Gasteiger partial charge in [0.25, 0.3) is 0 Å². The van der Waals surface area contributed by atoms with Crippen LogP contribution < -0.4 is 5.73 Å². The Kier molecular flexibility index (Phi) is 4.25. The maximum absolute atomic E-state index is 14.3. The van der Waals surface area contributed by atoms with Gasteiger partial charge in [-0.2, -0.15) is 35.8 Å². The summed E-state index contributed by atoms with van der Waals surface area (Å²) in [5, 5.41) is 3.70. The number of hydrogen-bond acceptors (Lipinski definition) is 3. The molecule has 2 aromatic heterocycles. The first-order chi connectivity index (χ1) is 11.2. The molecule has 4 nitrogen and oxygen atoms in total. The minimum atomic E-state index is -6.47. The number of nitrogens with two attached hydrogens (primary N) is 1. The minimum absolute atomic E-state index is 0.111. The Morgan fingerprint density at radius 1 is 1.00 bits per heavy atom. The molecule has 0 atom stereocenters. The molecule has 25 heavy (non-hydrogen) atoms. The molecule has 2 heterocycles. The van der Waals surface area contributed by atoms with E-state index in [0.29, 0.717) is 0 Å². The lowest BCUT2D eigenvalue weighted by Gasteiger charge is -2.30. The summed E-state index contributed by atoms with van der Waals surface area (Å²) < 4.78 is 94.0. The highest BCUT2D eigenvalue weighted by Crippen LogP contribution is 2.53. The maximum atomic E-state index is 14.3.